The molecule has 0 aliphatic heterocycles. The Bertz CT molecular complexity index is 485. The molecule has 1 unspecified atom stereocenters. The minimum absolute atomic E-state index is 0.208. The Morgan fingerprint density at radius 1 is 1.47 bits per heavy atom. The number of carbonyl (C=O) groups is 2. The molecule has 2 rings (SSSR count). The van der Waals surface area contributed by atoms with E-state index < -0.39 is 17.8 Å². The van der Waals surface area contributed by atoms with Crippen LogP contribution in [0.2, 0.25) is 0 Å². The lowest BCUT2D eigenvalue weighted by Gasteiger charge is -2.19. The van der Waals surface area contributed by atoms with E-state index in [2.05, 4.69) is 15.5 Å². The van der Waals surface area contributed by atoms with Crippen LogP contribution in [0.3, 0.4) is 0 Å². The Hall–Kier alpha value is -1.92. The van der Waals surface area contributed by atoms with E-state index in [4.69, 9.17) is 5.11 Å². The summed E-state index contributed by atoms with van der Waals surface area (Å²) < 4.78 is 1.73. The van der Waals surface area contributed by atoms with Crippen LogP contribution >= 0.6 is 0 Å². The zero-order chi connectivity index (χ0) is 14.0. The number of nitrogens with one attached hydrogen (secondary N) is 1. The number of aromatic nitrogens is 3. The summed E-state index contributed by atoms with van der Waals surface area (Å²) in [7, 11) is 1.80. The molecule has 3 atom stereocenters. The van der Waals surface area contributed by atoms with Crippen LogP contribution in [0.15, 0.2) is 6.33 Å². The van der Waals surface area contributed by atoms with Crippen molar-refractivity contribution in [3.05, 3.63) is 12.2 Å². The van der Waals surface area contributed by atoms with Gasteiger partial charge in [0.05, 0.1) is 17.9 Å². The van der Waals surface area contributed by atoms with Crippen molar-refractivity contribution in [1.82, 2.24) is 20.1 Å². The first-order valence-electron chi connectivity index (χ1n) is 6.37. The summed E-state index contributed by atoms with van der Waals surface area (Å²) in [5.41, 5.74) is 0. The lowest BCUT2D eigenvalue weighted by atomic mass is 9.95. The second kappa shape index (κ2) is 5.38. The Balaban J connectivity index is 2.01. The minimum atomic E-state index is -0.885. The SMILES string of the molecule is CC(NC(=O)[C@@H]1CCC[C@@H]1C(=O)O)c1nncn1C. The first-order valence-corrected chi connectivity index (χ1v) is 6.37. The maximum atomic E-state index is 12.1. The van der Waals surface area contributed by atoms with Gasteiger partial charge in [0.2, 0.25) is 5.91 Å². The highest BCUT2D eigenvalue weighted by molar-refractivity contribution is 5.85. The number of aliphatic carboxylic acids is 1. The van der Waals surface area contributed by atoms with Gasteiger partial charge in [0.25, 0.3) is 0 Å². The van der Waals surface area contributed by atoms with Gasteiger partial charge >= 0.3 is 5.97 Å². The number of rotatable bonds is 4. The lowest BCUT2D eigenvalue weighted by molar-refractivity contribution is -0.146. The first-order chi connectivity index (χ1) is 9.00. The Labute approximate surface area is 111 Å². The number of carboxylic acids is 1. The molecule has 19 heavy (non-hydrogen) atoms. The quantitative estimate of drug-likeness (QED) is 0.826. The van der Waals surface area contributed by atoms with E-state index in [0.29, 0.717) is 18.7 Å². The highest BCUT2D eigenvalue weighted by atomic mass is 16.4. The largest absolute Gasteiger partial charge is 0.481 e. The fraction of sp³-hybridized carbons (Fsp3) is 0.667. The van der Waals surface area contributed by atoms with Gasteiger partial charge in [-0.25, -0.2) is 0 Å². The summed E-state index contributed by atoms with van der Waals surface area (Å²) >= 11 is 0. The maximum absolute atomic E-state index is 12.1. The van der Waals surface area contributed by atoms with Gasteiger partial charge in [-0.3, -0.25) is 9.59 Å². The molecule has 0 spiro atoms. The smallest absolute Gasteiger partial charge is 0.307 e. The summed E-state index contributed by atoms with van der Waals surface area (Å²) in [4.78, 5) is 23.2. The second-order valence-electron chi connectivity index (χ2n) is 5.01. The zero-order valence-corrected chi connectivity index (χ0v) is 11.0. The van der Waals surface area contributed by atoms with Crippen molar-refractivity contribution in [2.75, 3.05) is 0 Å². The van der Waals surface area contributed by atoms with Crippen LogP contribution in [0.4, 0.5) is 0 Å². The van der Waals surface area contributed by atoms with Gasteiger partial charge in [0, 0.05) is 7.05 Å². The number of hydrogen-bond donors (Lipinski definition) is 2. The Morgan fingerprint density at radius 2 is 2.16 bits per heavy atom. The number of amides is 1. The lowest BCUT2D eigenvalue weighted by Crippen LogP contribution is -2.37. The molecule has 104 valence electrons. The predicted molar refractivity (Wildman–Crippen MR) is 66.0 cm³/mol. The highest BCUT2D eigenvalue weighted by Gasteiger charge is 2.38. The van der Waals surface area contributed by atoms with Crippen LogP contribution in [0, 0.1) is 11.8 Å². The third kappa shape index (κ3) is 2.74. The molecule has 0 bridgehead atoms. The van der Waals surface area contributed by atoms with Gasteiger partial charge in [0.15, 0.2) is 5.82 Å². The maximum Gasteiger partial charge on any atom is 0.307 e. The van der Waals surface area contributed by atoms with Gasteiger partial charge in [-0.15, -0.1) is 10.2 Å². The molecule has 7 nitrogen and oxygen atoms in total. The van der Waals surface area contributed by atoms with Crippen LogP contribution < -0.4 is 5.32 Å². The molecule has 1 aromatic heterocycles. The average Bonchev–Trinajstić information content (AvgIpc) is 2.96. The molecule has 1 aromatic rings. The first kappa shape index (κ1) is 13.5. The van der Waals surface area contributed by atoms with E-state index >= 15 is 0 Å². The predicted octanol–water partition coefficient (Wildman–Crippen LogP) is 0.493. The summed E-state index contributed by atoms with van der Waals surface area (Å²) in [6, 6.07) is -0.282. The normalized spacial score (nSPS) is 24.1. The van der Waals surface area contributed by atoms with E-state index in [9.17, 15) is 9.59 Å². The minimum Gasteiger partial charge on any atom is -0.481 e. The fourth-order valence-corrected chi connectivity index (χ4v) is 2.64. The third-order valence-electron chi connectivity index (χ3n) is 3.66. The summed E-state index contributed by atoms with van der Waals surface area (Å²) in [5, 5.41) is 19.6. The number of carbonyl (C=O) groups excluding carboxylic acids is 1. The topological polar surface area (TPSA) is 97.1 Å². The molecule has 1 fully saturated rings. The van der Waals surface area contributed by atoms with E-state index in [1.807, 2.05) is 6.92 Å². The van der Waals surface area contributed by atoms with Crippen LogP contribution in [-0.2, 0) is 16.6 Å². The van der Waals surface area contributed by atoms with Crippen LogP contribution in [-0.4, -0.2) is 31.7 Å². The van der Waals surface area contributed by atoms with Gasteiger partial charge in [-0.1, -0.05) is 6.42 Å². The zero-order valence-electron chi connectivity index (χ0n) is 11.0. The van der Waals surface area contributed by atoms with Crippen LogP contribution in [0.5, 0.6) is 0 Å². The van der Waals surface area contributed by atoms with Crippen molar-refractivity contribution >= 4 is 11.9 Å². The highest BCUT2D eigenvalue weighted by Crippen LogP contribution is 2.32. The van der Waals surface area contributed by atoms with Crippen LogP contribution in [0.1, 0.15) is 38.1 Å². The van der Waals surface area contributed by atoms with Crippen molar-refractivity contribution in [1.29, 1.82) is 0 Å². The summed E-state index contributed by atoms with van der Waals surface area (Å²) in [5.74, 6) is -1.44. The molecule has 1 heterocycles. The molecular formula is C12H18N4O3. The molecule has 7 heteroatoms. The molecule has 1 saturated carbocycles. The van der Waals surface area contributed by atoms with E-state index in [0.717, 1.165) is 6.42 Å². The van der Waals surface area contributed by atoms with Crippen molar-refractivity contribution < 1.29 is 14.7 Å². The van der Waals surface area contributed by atoms with Crippen molar-refractivity contribution in [2.24, 2.45) is 18.9 Å². The van der Waals surface area contributed by atoms with Crippen molar-refractivity contribution in [2.45, 2.75) is 32.2 Å². The molecule has 0 saturated heterocycles. The number of nitrogens with zero attached hydrogens (tertiary/aromatic N) is 3. The Morgan fingerprint density at radius 3 is 2.74 bits per heavy atom. The van der Waals surface area contributed by atoms with E-state index in [1.54, 1.807) is 17.9 Å². The average molecular weight is 266 g/mol. The molecule has 0 aromatic carbocycles. The third-order valence-corrected chi connectivity index (χ3v) is 3.66. The molecular weight excluding hydrogens is 248 g/mol. The fourth-order valence-electron chi connectivity index (χ4n) is 2.64. The number of hydrogen-bond acceptors (Lipinski definition) is 4. The standard InChI is InChI=1S/C12H18N4O3/c1-7(10-15-13-6-16(10)2)14-11(17)8-4-3-5-9(8)12(18)19/h6-9H,3-5H2,1-2H3,(H,14,17)(H,18,19)/t7?,8-,9+/m1/s1. The molecule has 1 aliphatic rings. The molecule has 1 aliphatic carbocycles. The monoisotopic (exact) mass is 266 g/mol. The van der Waals surface area contributed by atoms with Crippen molar-refractivity contribution in [3.8, 4) is 0 Å². The molecule has 0 radical (unpaired) electrons. The van der Waals surface area contributed by atoms with Gasteiger partial charge in [-0.2, -0.15) is 0 Å². The number of aryl methyl sites for hydroxylation is 1. The second-order valence-corrected chi connectivity index (χ2v) is 5.01. The summed E-state index contributed by atoms with van der Waals surface area (Å²) in [6.45, 7) is 1.81. The van der Waals surface area contributed by atoms with Crippen LogP contribution in [0.25, 0.3) is 0 Å². The van der Waals surface area contributed by atoms with Crippen molar-refractivity contribution in [3.63, 3.8) is 0 Å². The van der Waals surface area contributed by atoms with Gasteiger partial charge in [-0.05, 0) is 19.8 Å². The van der Waals surface area contributed by atoms with Gasteiger partial charge in [0.1, 0.15) is 6.33 Å². The Kier molecular flexibility index (Phi) is 3.82. The van der Waals surface area contributed by atoms with E-state index in [-0.39, 0.29) is 11.9 Å². The van der Waals surface area contributed by atoms with E-state index in [1.165, 1.54) is 0 Å². The number of carboxylic acid groups (broad SMARTS) is 1. The summed E-state index contributed by atoms with van der Waals surface area (Å²) in [6.07, 6.45) is 3.56. The molecule has 2 N–H and O–H groups in total. The van der Waals surface area contributed by atoms with Gasteiger partial charge < -0.3 is 15.0 Å². The molecule has 1 amide bonds.